The zero-order valence-corrected chi connectivity index (χ0v) is 18.6. The van der Waals surface area contributed by atoms with Gasteiger partial charge in [0.15, 0.2) is 5.96 Å². The molecule has 0 aliphatic heterocycles. The molecule has 148 valence electrons. The van der Waals surface area contributed by atoms with Crippen LogP contribution in [0, 0.1) is 5.82 Å². The minimum absolute atomic E-state index is 0. The topological polar surface area (TPSA) is 73.8 Å². The number of benzene rings is 2. The van der Waals surface area contributed by atoms with Gasteiger partial charge in [-0.05, 0) is 35.4 Å². The van der Waals surface area contributed by atoms with Gasteiger partial charge in [0.25, 0.3) is 0 Å². The van der Waals surface area contributed by atoms with Gasteiger partial charge in [-0.1, -0.05) is 24.3 Å². The van der Waals surface area contributed by atoms with Crippen molar-refractivity contribution in [1.29, 1.82) is 0 Å². The van der Waals surface area contributed by atoms with E-state index in [0.29, 0.717) is 19.0 Å². The van der Waals surface area contributed by atoms with Gasteiger partial charge in [-0.25, -0.2) is 17.1 Å². The lowest BCUT2D eigenvalue weighted by molar-refractivity contribution is 0.520. The van der Waals surface area contributed by atoms with Gasteiger partial charge in [0.1, 0.15) is 5.82 Å². The fourth-order valence-electron chi connectivity index (χ4n) is 2.23. The van der Waals surface area contributed by atoms with E-state index in [2.05, 4.69) is 15.6 Å². The summed E-state index contributed by atoms with van der Waals surface area (Å²) >= 11 is 0. The zero-order chi connectivity index (χ0) is 19.2. The second kappa shape index (κ2) is 10.6. The van der Waals surface area contributed by atoms with E-state index in [0.717, 1.165) is 11.1 Å². The summed E-state index contributed by atoms with van der Waals surface area (Å²) in [5, 5.41) is 6.24. The molecule has 2 N–H and O–H groups in total. The van der Waals surface area contributed by atoms with E-state index in [9.17, 15) is 12.8 Å². The van der Waals surface area contributed by atoms with E-state index in [1.54, 1.807) is 37.4 Å². The Labute approximate surface area is 177 Å². The number of aliphatic imine (C=N–C) groups is 1. The second-order valence-electron chi connectivity index (χ2n) is 5.84. The van der Waals surface area contributed by atoms with Crippen LogP contribution >= 0.6 is 24.0 Å². The third kappa shape index (κ3) is 6.74. The maximum Gasteiger partial charge on any atom is 0.242 e. The minimum atomic E-state index is -3.43. The highest BCUT2D eigenvalue weighted by molar-refractivity contribution is 14.0. The fraction of sp³-hybridized carbons (Fsp3) is 0.278. The predicted octanol–water partition coefficient (Wildman–Crippen LogP) is 2.56. The third-order valence-corrected chi connectivity index (χ3v) is 5.56. The van der Waals surface area contributed by atoms with Crippen LogP contribution in [0.4, 0.5) is 4.39 Å². The average Bonchev–Trinajstić information content (AvgIpc) is 2.62. The zero-order valence-electron chi connectivity index (χ0n) is 15.4. The molecule has 0 atom stereocenters. The monoisotopic (exact) mass is 506 g/mol. The largest absolute Gasteiger partial charge is 0.352 e. The molecule has 2 aromatic rings. The first-order valence-electron chi connectivity index (χ1n) is 8.03. The molecule has 2 aromatic carbocycles. The van der Waals surface area contributed by atoms with E-state index in [4.69, 9.17) is 0 Å². The van der Waals surface area contributed by atoms with Gasteiger partial charge in [-0.15, -0.1) is 24.0 Å². The molecule has 0 saturated carbocycles. The Morgan fingerprint density at radius 2 is 1.63 bits per heavy atom. The molecule has 0 radical (unpaired) electrons. The second-order valence-corrected chi connectivity index (χ2v) is 7.99. The van der Waals surface area contributed by atoms with Crippen LogP contribution in [-0.2, 0) is 23.1 Å². The molecule has 6 nitrogen and oxygen atoms in total. The molecule has 0 fully saturated rings. The van der Waals surface area contributed by atoms with Gasteiger partial charge in [-0.2, -0.15) is 0 Å². The SMILES string of the molecule is CN=C(NCc1ccc(S(=O)(=O)N(C)C)cc1)NCc1cccc(F)c1.I. The van der Waals surface area contributed by atoms with E-state index in [1.165, 1.54) is 30.5 Å². The summed E-state index contributed by atoms with van der Waals surface area (Å²) < 4.78 is 38.5. The van der Waals surface area contributed by atoms with Crippen molar-refractivity contribution >= 4 is 40.0 Å². The van der Waals surface area contributed by atoms with E-state index < -0.39 is 10.0 Å². The van der Waals surface area contributed by atoms with Crippen molar-refractivity contribution in [2.45, 2.75) is 18.0 Å². The molecule has 0 bridgehead atoms. The van der Waals surface area contributed by atoms with Crippen molar-refractivity contribution in [1.82, 2.24) is 14.9 Å². The molecular weight excluding hydrogens is 482 g/mol. The highest BCUT2D eigenvalue weighted by atomic mass is 127. The van der Waals surface area contributed by atoms with Gasteiger partial charge in [-0.3, -0.25) is 4.99 Å². The van der Waals surface area contributed by atoms with Crippen molar-refractivity contribution < 1.29 is 12.8 Å². The summed E-state index contributed by atoms with van der Waals surface area (Å²) in [4.78, 5) is 4.37. The van der Waals surface area contributed by atoms with Crippen LogP contribution < -0.4 is 10.6 Å². The summed E-state index contributed by atoms with van der Waals surface area (Å²) in [5.74, 6) is 0.291. The van der Waals surface area contributed by atoms with E-state index in [-0.39, 0.29) is 34.7 Å². The molecule has 0 saturated heterocycles. The third-order valence-electron chi connectivity index (χ3n) is 3.73. The van der Waals surface area contributed by atoms with Gasteiger partial charge in [0.05, 0.1) is 4.90 Å². The molecular formula is C18H24FIN4O2S. The molecule has 2 rings (SSSR count). The first kappa shape index (κ1) is 23.3. The number of halogens is 2. The smallest absolute Gasteiger partial charge is 0.242 e. The number of guanidine groups is 1. The van der Waals surface area contributed by atoms with Crippen LogP contribution in [0.5, 0.6) is 0 Å². The maximum absolute atomic E-state index is 13.2. The van der Waals surface area contributed by atoms with Crippen molar-refractivity contribution in [2.75, 3.05) is 21.1 Å². The number of hydrogen-bond donors (Lipinski definition) is 2. The van der Waals surface area contributed by atoms with Crippen LogP contribution in [0.15, 0.2) is 58.4 Å². The number of hydrogen-bond acceptors (Lipinski definition) is 3. The van der Waals surface area contributed by atoms with Gasteiger partial charge in [0.2, 0.25) is 10.0 Å². The molecule has 0 aromatic heterocycles. The number of rotatable bonds is 6. The fourth-order valence-corrected chi connectivity index (χ4v) is 3.13. The quantitative estimate of drug-likeness (QED) is 0.359. The van der Waals surface area contributed by atoms with Crippen molar-refractivity contribution in [3.8, 4) is 0 Å². The first-order valence-corrected chi connectivity index (χ1v) is 9.47. The van der Waals surface area contributed by atoms with Crippen molar-refractivity contribution in [3.63, 3.8) is 0 Å². The van der Waals surface area contributed by atoms with Crippen molar-refractivity contribution in [2.24, 2.45) is 4.99 Å². The summed E-state index contributed by atoms with van der Waals surface area (Å²) in [6, 6.07) is 13.0. The Bertz CT molecular complexity index is 871. The Morgan fingerprint density at radius 1 is 1.04 bits per heavy atom. The average molecular weight is 506 g/mol. The first-order chi connectivity index (χ1) is 12.3. The lowest BCUT2D eigenvalue weighted by atomic mass is 10.2. The van der Waals surface area contributed by atoms with Gasteiger partial charge >= 0.3 is 0 Å². The molecule has 9 heteroatoms. The minimum Gasteiger partial charge on any atom is -0.352 e. The summed E-state index contributed by atoms with van der Waals surface area (Å²) in [5.41, 5.74) is 1.72. The van der Waals surface area contributed by atoms with Crippen LogP contribution in [-0.4, -0.2) is 39.8 Å². The Hall–Kier alpha value is -1.72. The van der Waals surface area contributed by atoms with Crippen LogP contribution in [0.3, 0.4) is 0 Å². The van der Waals surface area contributed by atoms with E-state index in [1.807, 2.05) is 6.07 Å². The summed E-state index contributed by atoms with van der Waals surface area (Å²) in [6.45, 7) is 0.919. The Balaban J connectivity index is 0.00000364. The number of sulfonamides is 1. The van der Waals surface area contributed by atoms with E-state index >= 15 is 0 Å². The molecule has 0 unspecified atom stereocenters. The number of nitrogens with one attached hydrogen (secondary N) is 2. The van der Waals surface area contributed by atoms with Gasteiger partial charge < -0.3 is 10.6 Å². The van der Waals surface area contributed by atoms with Crippen LogP contribution in [0.25, 0.3) is 0 Å². The molecule has 0 aliphatic rings. The highest BCUT2D eigenvalue weighted by Gasteiger charge is 2.16. The van der Waals surface area contributed by atoms with Crippen LogP contribution in [0.1, 0.15) is 11.1 Å². The summed E-state index contributed by atoms with van der Waals surface area (Å²) in [6.07, 6.45) is 0. The lowest BCUT2D eigenvalue weighted by Gasteiger charge is -2.13. The van der Waals surface area contributed by atoms with Crippen molar-refractivity contribution in [3.05, 3.63) is 65.5 Å². The highest BCUT2D eigenvalue weighted by Crippen LogP contribution is 2.13. The maximum atomic E-state index is 13.2. The standard InChI is InChI=1S/C18H23FN4O2S.HI/c1-20-18(22-13-15-5-4-6-16(19)11-15)21-12-14-7-9-17(10-8-14)26(24,25)23(2)3;/h4-11H,12-13H2,1-3H3,(H2,20,21,22);1H. The molecule has 27 heavy (non-hydrogen) atoms. The lowest BCUT2D eigenvalue weighted by Crippen LogP contribution is -2.36. The van der Waals surface area contributed by atoms with Gasteiger partial charge in [0, 0.05) is 34.2 Å². The summed E-state index contributed by atoms with van der Waals surface area (Å²) in [7, 11) is 1.22. The Morgan fingerprint density at radius 3 is 2.15 bits per heavy atom. The Kier molecular flexibility index (Phi) is 9.13. The molecule has 0 amide bonds. The molecule has 0 aliphatic carbocycles. The van der Waals surface area contributed by atoms with Crippen LogP contribution in [0.2, 0.25) is 0 Å². The number of nitrogens with zero attached hydrogens (tertiary/aromatic N) is 2. The predicted molar refractivity (Wildman–Crippen MR) is 116 cm³/mol. The normalized spacial score (nSPS) is 11.8. The molecule has 0 spiro atoms. The molecule has 0 heterocycles.